The van der Waals surface area contributed by atoms with Gasteiger partial charge in [0.1, 0.15) is 11.5 Å². The van der Waals surface area contributed by atoms with Crippen molar-refractivity contribution >= 4 is 11.8 Å². The van der Waals surface area contributed by atoms with E-state index in [1.165, 1.54) is 0 Å². The molecule has 0 radical (unpaired) electrons. The molecule has 0 spiro atoms. The predicted octanol–water partition coefficient (Wildman–Crippen LogP) is 2.63. The molecule has 0 saturated carbocycles. The number of rotatable bonds is 7. The van der Waals surface area contributed by atoms with Crippen molar-refractivity contribution in [1.29, 1.82) is 0 Å². The van der Waals surface area contributed by atoms with Gasteiger partial charge in [0, 0.05) is 44.4 Å². The van der Waals surface area contributed by atoms with Gasteiger partial charge < -0.3 is 19.7 Å². The van der Waals surface area contributed by atoms with Crippen molar-refractivity contribution in [3.8, 4) is 11.5 Å². The first kappa shape index (κ1) is 22.4. The van der Waals surface area contributed by atoms with E-state index in [4.69, 9.17) is 9.47 Å². The Bertz CT molecular complexity index is 1150. The monoisotopic (exact) mass is 448 g/mol. The Morgan fingerprint density at radius 1 is 1.12 bits per heavy atom. The average Bonchev–Trinajstić information content (AvgIpc) is 3.17. The number of fused-ring (bicyclic) bond motifs is 1. The van der Waals surface area contributed by atoms with Crippen molar-refractivity contribution in [2.75, 3.05) is 20.3 Å². The number of hydrogen-bond donors (Lipinski definition) is 1. The summed E-state index contributed by atoms with van der Waals surface area (Å²) in [6, 6.07) is 15.1. The first-order chi connectivity index (χ1) is 15.9. The van der Waals surface area contributed by atoms with E-state index in [0.29, 0.717) is 37.5 Å². The van der Waals surface area contributed by atoms with E-state index in [0.717, 1.165) is 28.1 Å². The second-order valence-electron chi connectivity index (χ2n) is 8.10. The standard InChI is InChI=1S/C25H28N4O4/c1-17-5-4-6-18(13-17)14-26-25(31)24-21-15-29(12-11-22(21)28(2)27-24)23(30)16-33-20-9-7-19(32-3)8-10-20/h4-10,13H,11-12,14-16H2,1-3H3,(H,26,31). The van der Waals surface area contributed by atoms with Crippen molar-refractivity contribution in [1.82, 2.24) is 20.0 Å². The van der Waals surface area contributed by atoms with E-state index in [2.05, 4.69) is 10.4 Å². The van der Waals surface area contributed by atoms with E-state index < -0.39 is 0 Å². The molecule has 0 saturated heterocycles. The number of aromatic nitrogens is 2. The molecule has 172 valence electrons. The van der Waals surface area contributed by atoms with Crippen LogP contribution < -0.4 is 14.8 Å². The Hall–Kier alpha value is -3.81. The molecule has 1 N–H and O–H groups in total. The van der Waals surface area contributed by atoms with Gasteiger partial charge in [0.2, 0.25) is 0 Å². The van der Waals surface area contributed by atoms with Gasteiger partial charge in [0.15, 0.2) is 12.3 Å². The largest absolute Gasteiger partial charge is 0.497 e. The summed E-state index contributed by atoms with van der Waals surface area (Å²) in [5, 5.41) is 7.40. The fourth-order valence-electron chi connectivity index (χ4n) is 3.98. The van der Waals surface area contributed by atoms with Crippen LogP contribution in [-0.2, 0) is 31.4 Å². The number of aryl methyl sites for hydroxylation is 2. The summed E-state index contributed by atoms with van der Waals surface area (Å²) in [5.74, 6) is 0.949. The lowest BCUT2D eigenvalue weighted by Gasteiger charge is -2.27. The molecule has 33 heavy (non-hydrogen) atoms. The number of nitrogens with one attached hydrogen (secondary N) is 1. The molecule has 0 aliphatic carbocycles. The summed E-state index contributed by atoms with van der Waals surface area (Å²) in [6.45, 7) is 3.26. The summed E-state index contributed by atoms with van der Waals surface area (Å²) in [4.78, 5) is 27.4. The van der Waals surface area contributed by atoms with Gasteiger partial charge in [-0.1, -0.05) is 29.8 Å². The highest BCUT2D eigenvalue weighted by Crippen LogP contribution is 2.23. The van der Waals surface area contributed by atoms with Gasteiger partial charge in [-0.3, -0.25) is 14.3 Å². The van der Waals surface area contributed by atoms with Crippen LogP contribution >= 0.6 is 0 Å². The summed E-state index contributed by atoms with van der Waals surface area (Å²) in [6.07, 6.45) is 0.637. The molecule has 1 aromatic heterocycles. The Balaban J connectivity index is 1.39. The lowest BCUT2D eigenvalue weighted by atomic mass is 10.0. The fourth-order valence-corrected chi connectivity index (χ4v) is 3.98. The molecule has 1 aliphatic rings. The number of ether oxygens (including phenoxy) is 2. The van der Waals surface area contributed by atoms with Gasteiger partial charge in [-0.05, 0) is 36.8 Å². The van der Waals surface area contributed by atoms with Crippen molar-refractivity contribution in [3.63, 3.8) is 0 Å². The maximum atomic E-state index is 12.9. The molecule has 4 rings (SSSR count). The summed E-state index contributed by atoms with van der Waals surface area (Å²) in [7, 11) is 3.43. The third-order valence-corrected chi connectivity index (χ3v) is 5.77. The highest BCUT2D eigenvalue weighted by atomic mass is 16.5. The second kappa shape index (κ2) is 9.77. The van der Waals surface area contributed by atoms with Gasteiger partial charge >= 0.3 is 0 Å². The lowest BCUT2D eigenvalue weighted by Crippen LogP contribution is -2.39. The lowest BCUT2D eigenvalue weighted by molar-refractivity contribution is -0.134. The van der Waals surface area contributed by atoms with Crippen molar-refractivity contribution in [3.05, 3.63) is 76.6 Å². The first-order valence-electron chi connectivity index (χ1n) is 10.9. The Kier molecular flexibility index (Phi) is 6.63. The minimum atomic E-state index is -0.239. The number of carbonyl (C=O) groups excluding carboxylic acids is 2. The van der Waals surface area contributed by atoms with E-state index in [1.807, 2.05) is 38.2 Å². The van der Waals surface area contributed by atoms with Crippen LogP contribution in [0.15, 0.2) is 48.5 Å². The number of hydrogen-bond acceptors (Lipinski definition) is 5. The summed E-state index contributed by atoms with van der Waals surface area (Å²) in [5.41, 5.74) is 4.32. The van der Waals surface area contributed by atoms with Gasteiger partial charge in [-0.25, -0.2) is 0 Å². The topological polar surface area (TPSA) is 85.7 Å². The van der Waals surface area contributed by atoms with Gasteiger partial charge in [-0.15, -0.1) is 0 Å². The second-order valence-corrected chi connectivity index (χ2v) is 8.10. The SMILES string of the molecule is COc1ccc(OCC(=O)N2CCc3c(c(C(=O)NCc4cccc(C)c4)nn3C)C2)cc1. The smallest absolute Gasteiger partial charge is 0.272 e. The first-order valence-corrected chi connectivity index (χ1v) is 10.9. The van der Waals surface area contributed by atoms with E-state index in [-0.39, 0.29) is 18.4 Å². The van der Waals surface area contributed by atoms with Crippen LogP contribution in [0.5, 0.6) is 11.5 Å². The zero-order valence-electron chi connectivity index (χ0n) is 19.1. The molecule has 0 bridgehead atoms. The molecule has 0 atom stereocenters. The molecule has 0 fully saturated rings. The Morgan fingerprint density at radius 3 is 2.61 bits per heavy atom. The minimum Gasteiger partial charge on any atom is -0.497 e. The van der Waals surface area contributed by atoms with Crippen LogP contribution in [0.2, 0.25) is 0 Å². The van der Waals surface area contributed by atoms with E-state index >= 15 is 0 Å². The summed E-state index contributed by atoms with van der Waals surface area (Å²) < 4.78 is 12.5. The molecule has 0 unspecified atom stereocenters. The van der Waals surface area contributed by atoms with Crippen molar-refractivity contribution in [2.45, 2.75) is 26.4 Å². The highest BCUT2D eigenvalue weighted by molar-refractivity contribution is 5.94. The quantitative estimate of drug-likeness (QED) is 0.601. The Labute approximate surface area is 193 Å². The Morgan fingerprint density at radius 2 is 1.88 bits per heavy atom. The number of nitrogens with zero attached hydrogens (tertiary/aromatic N) is 3. The molecule has 2 aromatic carbocycles. The minimum absolute atomic E-state index is 0.0726. The van der Waals surface area contributed by atoms with Crippen LogP contribution in [0, 0.1) is 6.92 Å². The fraction of sp³-hybridized carbons (Fsp3) is 0.320. The molecule has 8 nitrogen and oxygen atoms in total. The molecule has 2 heterocycles. The molecule has 3 aromatic rings. The maximum absolute atomic E-state index is 12.9. The van der Waals surface area contributed by atoms with Crippen molar-refractivity contribution in [2.24, 2.45) is 7.05 Å². The molecular weight excluding hydrogens is 420 g/mol. The van der Waals surface area contributed by atoms with Crippen LogP contribution in [0.25, 0.3) is 0 Å². The normalized spacial score (nSPS) is 12.8. The van der Waals surface area contributed by atoms with E-state index in [1.54, 1.807) is 41.0 Å². The average molecular weight is 449 g/mol. The number of methoxy groups -OCH3 is 1. The number of benzene rings is 2. The molecule has 8 heteroatoms. The van der Waals surface area contributed by atoms with Crippen LogP contribution in [0.4, 0.5) is 0 Å². The zero-order chi connectivity index (χ0) is 23.4. The van der Waals surface area contributed by atoms with E-state index in [9.17, 15) is 9.59 Å². The molecular formula is C25H28N4O4. The van der Waals surface area contributed by atoms with Crippen molar-refractivity contribution < 1.29 is 19.1 Å². The zero-order valence-corrected chi connectivity index (χ0v) is 19.1. The third kappa shape index (κ3) is 5.16. The van der Waals surface area contributed by atoms with Crippen LogP contribution in [0.1, 0.15) is 32.9 Å². The van der Waals surface area contributed by atoms with Crippen LogP contribution in [0.3, 0.4) is 0 Å². The number of amides is 2. The number of carbonyl (C=O) groups is 2. The third-order valence-electron chi connectivity index (χ3n) is 5.77. The predicted molar refractivity (Wildman–Crippen MR) is 123 cm³/mol. The highest BCUT2D eigenvalue weighted by Gasteiger charge is 2.29. The summed E-state index contributed by atoms with van der Waals surface area (Å²) >= 11 is 0. The molecule has 1 aliphatic heterocycles. The van der Waals surface area contributed by atoms with Crippen LogP contribution in [-0.4, -0.2) is 46.8 Å². The van der Waals surface area contributed by atoms with Gasteiger partial charge in [-0.2, -0.15) is 5.10 Å². The molecule has 2 amide bonds. The van der Waals surface area contributed by atoms with Gasteiger partial charge in [0.05, 0.1) is 7.11 Å². The van der Waals surface area contributed by atoms with Gasteiger partial charge in [0.25, 0.3) is 11.8 Å². The maximum Gasteiger partial charge on any atom is 0.272 e.